The molecule has 1 saturated carbocycles. The molecule has 1 aliphatic heterocycles. The summed E-state index contributed by atoms with van der Waals surface area (Å²) in [6.07, 6.45) is 16.2. The fourth-order valence-electron chi connectivity index (χ4n) is 6.29. The number of rotatable bonds is 13. The molecule has 202 valence electrons. The number of nitrogens with one attached hydrogen (secondary N) is 2. The number of benzene rings is 1. The summed E-state index contributed by atoms with van der Waals surface area (Å²) in [6, 6.07) is 7.19. The van der Waals surface area contributed by atoms with Gasteiger partial charge in [0, 0.05) is 43.2 Å². The van der Waals surface area contributed by atoms with Gasteiger partial charge in [-0.1, -0.05) is 57.6 Å². The van der Waals surface area contributed by atoms with Crippen molar-refractivity contribution in [3.8, 4) is 5.75 Å². The molecule has 7 nitrogen and oxygen atoms in total. The van der Waals surface area contributed by atoms with E-state index in [4.69, 9.17) is 4.74 Å². The van der Waals surface area contributed by atoms with Crippen LogP contribution in [-0.2, 0) is 22.4 Å². The first-order chi connectivity index (χ1) is 18.0. The second-order valence-electron chi connectivity index (χ2n) is 11.1. The Bertz CT molecular complexity index is 977. The lowest BCUT2D eigenvalue weighted by Crippen LogP contribution is -2.65. The number of aromatic nitrogens is 2. The van der Waals surface area contributed by atoms with Crippen LogP contribution < -0.4 is 10.1 Å². The second-order valence-corrected chi connectivity index (χ2v) is 11.1. The minimum atomic E-state index is -0.567. The number of carbonyl (C=O) groups excluding carboxylic acids is 2. The van der Waals surface area contributed by atoms with E-state index < -0.39 is 6.04 Å². The van der Waals surface area contributed by atoms with Crippen molar-refractivity contribution in [1.82, 2.24) is 20.2 Å². The van der Waals surface area contributed by atoms with Crippen LogP contribution in [0.4, 0.5) is 0 Å². The fraction of sp³-hybridized carbons (Fsp3) is 0.633. The average Bonchev–Trinajstić information content (AvgIpc) is 3.43. The monoisotopic (exact) mass is 508 g/mol. The summed E-state index contributed by atoms with van der Waals surface area (Å²) < 4.78 is 5.29. The molecule has 2 amide bonds. The molecule has 0 radical (unpaired) electrons. The van der Waals surface area contributed by atoms with E-state index in [1.54, 1.807) is 19.6 Å². The second kappa shape index (κ2) is 13.1. The number of amides is 2. The van der Waals surface area contributed by atoms with E-state index in [0.29, 0.717) is 19.3 Å². The zero-order valence-electron chi connectivity index (χ0n) is 22.6. The third-order valence-electron chi connectivity index (χ3n) is 8.48. The minimum Gasteiger partial charge on any atom is -0.497 e. The summed E-state index contributed by atoms with van der Waals surface area (Å²) in [4.78, 5) is 35.8. The van der Waals surface area contributed by atoms with E-state index in [1.165, 1.54) is 57.8 Å². The smallest absolute Gasteiger partial charge is 0.245 e. The van der Waals surface area contributed by atoms with E-state index in [1.807, 2.05) is 29.2 Å². The Labute approximate surface area is 221 Å². The highest BCUT2D eigenvalue weighted by molar-refractivity contribution is 5.88. The van der Waals surface area contributed by atoms with Gasteiger partial charge in [-0.25, -0.2) is 4.98 Å². The van der Waals surface area contributed by atoms with Gasteiger partial charge in [-0.05, 0) is 49.3 Å². The number of aryl methyl sites for hydroxylation is 1. The maximum atomic E-state index is 13.8. The number of nitrogens with zero attached hydrogens (tertiary/aromatic N) is 2. The van der Waals surface area contributed by atoms with Crippen LogP contribution in [0.25, 0.3) is 0 Å². The number of hydrogen-bond acceptors (Lipinski definition) is 4. The zero-order valence-corrected chi connectivity index (χ0v) is 22.6. The third kappa shape index (κ3) is 7.14. The van der Waals surface area contributed by atoms with Gasteiger partial charge >= 0.3 is 0 Å². The molecule has 1 atom stereocenters. The summed E-state index contributed by atoms with van der Waals surface area (Å²) >= 11 is 0. The number of carbonyl (C=O) groups is 2. The molecule has 0 unspecified atom stereocenters. The lowest BCUT2D eigenvalue weighted by molar-refractivity contribution is -0.153. The summed E-state index contributed by atoms with van der Waals surface area (Å²) in [5, 5.41) is 3.07. The van der Waals surface area contributed by atoms with Crippen LogP contribution >= 0.6 is 0 Å². The first-order valence-corrected chi connectivity index (χ1v) is 14.2. The van der Waals surface area contributed by atoms with Crippen molar-refractivity contribution in [3.05, 3.63) is 48.0 Å². The molecule has 1 aliphatic carbocycles. The highest BCUT2D eigenvalue weighted by Gasteiger charge is 2.50. The Morgan fingerprint density at radius 2 is 1.92 bits per heavy atom. The third-order valence-corrected chi connectivity index (χ3v) is 8.48. The Kier molecular flexibility index (Phi) is 9.64. The molecular weight excluding hydrogens is 464 g/mol. The quantitative estimate of drug-likeness (QED) is 0.370. The van der Waals surface area contributed by atoms with Crippen molar-refractivity contribution in [1.29, 1.82) is 0 Å². The molecule has 2 aliphatic rings. The van der Waals surface area contributed by atoms with E-state index >= 15 is 0 Å². The summed E-state index contributed by atoms with van der Waals surface area (Å²) in [7, 11) is 1.64. The molecule has 4 rings (SSSR count). The Balaban J connectivity index is 1.43. The maximum Gasteiger partial charge on any atom is 0.245 e. The molecule has 1 saturated heterocycles. The number of methoxy groups -OCH3 is 1. The largest absolute Gasteiger partial charge is 0.497 e. The predicted octanol–water partition coefficient (Wildman–Crippen LogP) is 5.07. The first-order valence-electron chi connectivity index (χ1n) is 14.2. The van der Waals surface area contributed by atoms with Crippen LogP contribution in [0.2, 0.25) is 0 Å². The van der Waals surface area contributed by atoms with Crippen LogP contribution in [0.3, 0.4) is 0 Å². The fourth-order valence-corrected chi connectivity index (χ4v) is 6.29. The van der Waals surface area contributed by atoms with Crippen molar-refractivity contribution in [2.75, 3.05) is 20.2 Å². The van der Waals surface area contributed by atoms with Gasteiger partial charge in [-0.2, -0.15) is 0 Å². The summed E-state index contributed by atoms with van der Waals surface area (Å²) in [6.45, 7) is 3.93. The van der Waals surface area contributed by atoms with Crippen molar-refractivity contribution in [2.45, 2.75) is 90.0 Å². The van der Waals surface area contributed by atoms with Crippen molar-refractivity contribution >= 4 is 11.8 Å². The van der Waals surface area contributed by atoms with E-state index in [0.717, 1.165) is 36.0 Å². The number of ether oxygens (including phenoxy) is 1. The predicted molar refractivity (Wildman–Crippen MR) is 145 cm³/mol. The van der Waals surface area contributed by atoms with Crippen LogP contribution in [-0.4, -0.2) is 52.9 Å². The van der Waals surface area contributed by atoms with Gasteiger partial charge in [0.1, 0.15) is 11.8 Å². The molecular formula is C30H44N4O3. The number of aromatic amines is 1. The van der Waals surface area contributed by atoms with Crippen molar-refractivity contribution < 1.29 is 14.3 Å². The molecule has 1 aromatic heterocycles. The SMILES string of the molecule is CCCCCC1(C2CCCCC2)CN(C(=O)[C@@H](Cc2ccc(OC)cc2)NC(=O)CCc2cnc[nH]2)C1. The number of unbranched alkanes of at least 4 members (excludes halogenated alkanes) is 2. The van der Waals surface area contributed by atoms with Crippen molar-refractivity contribution in [2.24, 2.45) is 11.3 Å². The van der Waals surface area contributed by atoms with Gasteiger partial charge in [0.15, 0.2) is 0 Å². The molecule has 2 aromatic rings. The average molecular weight is 509 g/mol. The lowest BCUT2D eigenvalue weighted by atomic mass is 9.61. The Morgan fingerprint density at radius 1 is 1.16 bits per heavy atom. The molecule has 1 aromatic carbocycles. The molecule has 2 N–H and O–H groups in total. The minimum absolute atomic E-state index is 0.0487. The Morgan fingerprint density at radius 3 is 2.57 bits per heavy atom. The zero-order chi connectivity index (χ0) is 26.1. The van der Waals surface area contributed by atoms with Crippen LogP contribution in [0, 0.1) is 11.3 Å². The van der Waals surface area contributed by atoms with Gasteiger partial charge in [-0.15, -0.1) is 0 Å². The molecule has 2 fully saturated rings. The molecule has 2 heterocycles. The molecule has 37 heavy (non-hydrogen) atoms. The van der Waals surface area contributed by atoms with E-state index in [9.17, 15) is 9.59 Å². The number of likely N-dealkylation sites (tertiary alicyclic amines) is 1. The summed E-state index contributed by atoms with van der Waals surface area (Å²) in [5.41, 5.74) is 2.19. The highest BCUT2D eigenvalue weighted by atomic mass is 16.5. The van der Waals surface area contributed by atoms with Gasteiger partial charge in [0.2, 0.25) is 11.8 Å². The van der Waals surface area contributed by atoms with E-state index in [-0.39, 0.29) is 17.2 Å². The number of hydrogen-bond donors (Lipinski definition) is 2. The topological polar surface area (TPSA) is 87.3 Å². The lowest BCUT2D eigenvalue weighted by Gasteiger charge is -2.56. The number of imidazole rings is 1. The molecule has 0 bridgehead atoms. The first kappa shape index (κ1) is 27.2. The van der Waals surface area contributed by atoms with Crippen LogP contribution in [0.1, 0.15) is 82.4 Å². The molecule has 0 spiro atoms. The highest BCUT2D eigenvalue weighted by Crippen LogP contribution is 2.48. The Hall–Kier alpha value is -2.83. The van der Waals surface area contributed by atoms with Crippen LogP contribution in [0.5, 0.6) is 5.75 Å². The number of H-pyrrole nitrogens is 1. The van der Waals surface area contributed by atoms with Gasteiger partial charge in [0.05, 0.1) is 13.4 Å². The van der Waals surface area contributed by atoms with E-state index in [2.05, 4.69) is 22.2 Å². The van der Waals surface area contributed by atoms with Gasteiger partial charge in [0.25, 0.3) is 0 Å². The molecule has 7 heteroatoms. The van der Waals surface area contributed by atoms with Crippen molar-refractivity contribution in [3.63, 3.8) is 0 Å². The van der Waals surface area contributed by atoms with Crippen LogP contribution in [0.15, 0.2) is 36.8 Å². The normalized spacial score (nSPS) is 18.2. The standard InChI is InChI=1S/C30H44N4O3/c1-3-4-8-17-30(24-9-6-5-7-10-24)20-34(21-30)29(36)27(18-23-11-14-26(37-2)15-12-23)33-28(35)16-13-25-19-31-22-32-25/h11-12,14-15,19,22,24,27H,3-10,13,16-18,20-21H2,1-2H3,(H,31,32)(H,33,35)/t27-/m1/s1. The van der Waals surface area contributed by atoms with Gasteiger partial charge in [-0.3, -0.25) is 9.59 Å². The summed E-state index contributed by atoms with van der Waals surface area (Å²) in [5.74, 6) is 1.45. The van der Waals surface area contributed by atoms with Gasteiger partial charge < -0.3 is 19.9 Å². The maximum absolute atomic E-state index is 13.8.